The van der Waals surface area contributed by atoms with Gasteiger partial charge in [0.2, 0.25) is 0 Å². The zero-order valence-electron chi connectivity index (χ0n) is 16.7. The Morgan fingerprint density at radius 1 is 1.22 bits per heavy atom. The molecule has 1 aromatic heterocycles. The zero-order valence-corrected chi connectivity index (χ0v) is 16.7. The van der Waals surface area contributed by atoms with E-state index in [0.29, 0.717) is 19.6 Å². The van der Waals surface area contributed by atoms with E-state index in [9.17, 15) is 10.1 Å². The van der Waals surface area contributed by atoms with Crippen LogP contribution in [0, 0.1) is 39.0 Å². The average molecular weight is 365 g/mol. The van der Waals surface area contributed by atoms with Crippen LogP contribution in [0.4, 0.5) is 0 Å². The maximum absolute atomic E-state index is 12.2. The number of aromatic nitrogens is 1. The Morgan fingerprint density at radius 3 is 2.59 bits per heavy atom. The molecular weight excluding hydrogens is 338 g/mol. The molecule has 1 amide bonds. The van der Waals surface area contributed by atoms with Gasteiger partial charge in [-0.1, -0.05) is 6.07 Å². The van der Waals surface area contributed by atoms with E-state index in [1.165, 1.54) is 11.1 Å². The molecule has 1 heterocycles. The number of hydrogen-bond donors (Lipinski definition) is 1. The van der Waals surface area contributed by atoms with Gasteiger partial charge in [-0.05, 0) is 75.1 Å². The number of nitrogens with one attached hydrogen (secondary N) is 1. The molecule has 0 aliphatic carbocycles. The molecule has 0 fully saturated rings. The molecule has 0 atom stereocenters. The molecule has 27 heavy (non-hydrogen) atoms. The van der Waals surface area contributed by atoms with E-state index in [4.69, 9.17) is 4.74 Å². The minimum atomic E-state index is -0.357. The Bertz CT molecular complexity index is 901. The number of methoxy groups -OCH3 is 1. The summed E-state index contributed by atoms with van der Waals surface area (Å²) in [4.78, 5) is 12.2. The molecule has 0 unspecified atom stereocenters. The number of hydrogen-bond acceptors (Lipinski definition) is 3. The summed E-state index contributed by atoms with van der Waals surface area (Å²) in [6.45, 7) is 9.26. The molecule has 1 aromatic carbocycles. The summed E-state index contributed by atoms with van der Waals surface area (Å²) in [6.07, 6.45) is 2.37. The minimum absolute atomic E-state index is 0.104. The van der Waals surface area contributed by atoms with Crippen LogP contribution in [0.2, 0.25) is 0 Å². The third-order valence-electron chi connectivity index (χ3n) is 4.69. The number of carbonyl (C=O) groups is 1. The quantitative estimate of drug-likeness (QED) is 0.461. The van der Waals surface area contributed by atoms with Crippen molar-refractivity contribution in [1.29, 1.82) is 5.26 Å². The van der Waals surface area contributed by atoms with Gasteiger partial charge in [-0.15, -0.1) is 0 Å². The van der Waals surface area contributed by atoms with Crippen LogP contribution in [0.25, 0.3) is 11.8 Å². The van der Waals surface area contributed by atoms with E-state index < -0.39 is 0 Å². The van der Waals surface area contributed by atoms with Gasteiger partial charge in [0.05, 0.1) is 0 Å². The third kappa shape index (κ3) is 4.87. The van der Waals surface area contributed by atoms with Gasteiger partial charge in [0.1, 0.15) is 11.6 Å². The summed E-state index contributed by atoms with van der Waals surface area (Å²) in [5.41, 5.74) is 6.58. The van der Waals surface area contributed by atoms with Crippen LogP contribution in [0.15, 0.2) is 29.8 Å². The molecule has 0 radical (unpaired) electrons. The van der Waals surface area contributed by atoms with Crippen LogP contribution in [-0.2, 0) is 9.53 Å². The highest BCUT2D eigenvalue weighted by Crippen LogP contribution is 2.24. The SMILES string of the molecule is COCCCNC(=O)/C(C#N)=C/c1cc(C)n(-c2ccc(C)c(C)c2)c1C. The van der Waals surface area contributed by atoms with E-state index >= 15 is 0 Å². The van der Waals surface area contributed by atoms with Crippen LogP contribution in [0.5, 0.6) is 0 Å². The van der Waals surface area contributed by atoms with Crippen molar-refractivity contribution >= 4 is 12.0 Å². The van der Waals surface area contributed by atoms with Crippen molar-refractivity contribution in [3.63, 3.8) is 0 Å². The Morgan fingerprint density at radius 2 is 1.96 bits per heavy atom. The molecule has 5 nitrogen and oxygen atoms in total. The Balaban J connectivity index is 2.31. The molecule has 0 spiro atoms. The topological polar surface area (TPSA) is 67.0 Å². The molecule has 2 aromatic rings. The van der Waals surface area contributed by atoms with Gasteiger partial charge in [0, 0.05) is 37.3 Å². The highest BCUT2D eigenvalue weighted by Gasteiger charge is 2.13. The largest absolute Gasteiger partial charge is 0.385 e. The van der Waals surface area contributed by atoms with Crippen LogP contribution in [-0.4, -0.2) is 30.7 Å². The molecular formula is C22H27N3O2. The first-order valence-corrected chi connectivity index (χ1v) is 9.04. The standard InChI is InChI=1S/C22H27N3O2/c1-15-7-8-21(11-16(15)2)25-17(3)12-19(18(25)4)13-20(14-23)22(26)24-9-6-10-27-5/h7-8,11-13H,6,9-10H2,1-5H3,(H,24,26)/b20-13+. The second-order valence-corrected chi connectivity index (χ2v) is 6.70. The van der Waals surface area contributed by atoms with E-state index in [-0.39, 0.29) is 11.5 Å². The van der Waals surface area contributed by atoms with E-state index in [0.717, 1.165) is 22.6 Å². The molecule has 1 N–H and O–H groups in total. The maximum Gasteiger partial charge on any atom is 0.261 e. The van der Waals surface area contributed by atoms with Gasteiger partial charge in [0.15, 0.2) is 0 Å². The summed E-state index contributed by atoms with van der Waals surface area (Å²) in [5.74, 6) is -0.357. The molecule has 0 saturated carbocycles. The molecule has 0 aliphatic heterocycles. The summed E-state index contributed by atoms with van der Waals surface area (Å²) >= 11 is 0. The summed E-state index contributed by atoms with van der Waals surface area (Å²) in [6, 6.07) is 10.4. The lowest BCUT2D eigenvalue weighted by molar-refractivity contribution is -0.117. The number of ether oxygens (including phenoxy) is 1. The fourth-order valence-electron chi connectivity index (χ4n) is 3.01. The fourth-order valence-corrected chi connectivity index (χ4v) is 3.01. The third-order valence-corrected chi connectivity index (χ3v) is 4.69. The van der Waals surface area contributed by atoms with E-state index in [1.54, 1.807) is 13.2 Å². The Kier molecular flexibility index (Phi) is 6.98. The van der Waals surface area contributed by atoms with Gasteiger partial charge >= 0.3 is 0 Å². The molecule has 0 saturated heterocycles. The lowest BCUT2D eigenvalue weighted by Crippen LogP contribution is -2.26. The van der Waals surface area contributed by atoms with Crippen LogP contribution >= 0.6 is 0 Å². The Hall–Kier alpha value is -2.84. The molecule has 142 valence electrons. The molecule has 2 rings (SSSR count). The van der Waals surface area contributed by atoms with Crippen molar-refractivity contribution in [1.82, 2.24) is 9.88 Å². The van der Waals surface area contributed by atoms with Gasteiger partial charge in [-0.25, -0.2) is 0 Å². The van der Waals surface area contributed by atoms with Gasteiger partial charge in [-0.2, -0.15) is 5.26 Å². The highest BCUT2D eigenvalue weighted by atomic mass is 16.5. The first-order valence-electron chi connectivity index (χ1n) is 9.04. The lowest BCUT2D eigenvalue weighted by atomic mass is 10.1. The van der Waals surface area contributed by atoms with Crippen molar-refractivity contribution in [2.45, 2.75) is 34.1 Å². The zero-order chi connectivity index (χ0) is 20.0. The van der Waals surface area contributed by atoms with Crippen LogP contribution in [0.3, 0.4) is 0 Å². The smallest absolute Gasteiger partial charge is 0.261 e. The van der Waals surface area contributed by atoms with E-state index in [2.05, 4.69) is 41.9 Å². The Labute approximate surface area is 161 Å². The highest BCUT2D eigenvalue weighted by molar-refractivity contribution is 6.01. The lowest BCUT2D eigenvalue weighted by Gasteiger charge is -2.12. The number of rotatable bonds is 7. The predicted molar refractivity (Wildman–Crippen MR) is 108 cm³/mol. The first-order chi connectivity index (χ1) is 12.9. The first kappa shape index (κ1) is 20.5. The monoisotopic (exact) mass is 365 g/mol. The van der Waals surface area contributed by atoms with Crippen molar-refractivity contribution in [2.24, 2.45) is 0 Å². The number of nitriles is 1. The maximum atomic E-state index is 12.2. The van der Waals surface area contributed by atoms with Gasteiger partial charge in [-0.3, -0.25) is 4.79 Å². The second-order valence-electron chi connectivity index (χ2n) is 6.70. The molecule has 0 aliphatic rings. The summed E-state index contributed by atoms with van der Waals surface area (Å²) in [7, 11) is 1.62. The van der Waals surface area contributed by atoms with Gasteiger partial charge < -0.3 is 14.6 Å². The summed E-state index contributed by atoms with van der Waals surface area (Å²) in [5, 5.41) is 12.2. The number of nitrogens with zero attached hydrogens (tertiary/aromatic N) is 2. The number of amides is 1. The fraction of sp³-hybridized carbons (Fsp3) is 0.364. The van der Waals surface area contributed by atoms with Crippen molar-refractivity contribution in [3.8, 4) is 11.8 Å². The average Bonchev–Trinajstić information content (AvgIpc) is 2.92. The number of aryl methyl sites for hydroxylation is 3. The van der Waals surface area contributed by atoms with Crippen LogP contribution < -0.4 is 5.32 Å². The molecule has 0 bridgehead atoms. The normalized spacial score (nSPS) is 11.3. The van der Waals surface area contributed by atoms with Crippen molar-refractivity contribution in [3.05, 3.63) is 57.9 Å². The van der Waals surface area contributed by atoms with Crippen molar-refractivity contribution < 1.29 is 9.53 Å². The number of carbonyl (C=O) groups excluding carboxylic acids is 1. The second kappa shape index (κ2) is 9.20. The summed E-state index contributed by atoms with van der Waals surface area (Å²) < 4.78 is 7.10. The molecule has 5 heteroatoms. The van der Waals surface area contributed by atoms with Crippen molar-refractivity contribution in [2.75, 3.05) is 20.3 Å². The number of benzene rings is 1. The van der Waals surface area contributed by atoms with Crippen LogP contribution in [0.1, 0.15) is 34.5 Å². The van der Waals surface area contributed by atoms with Gasteiger partial charge in [0.25, 0.3) is 5.91 Å². The van der Waals surface area contributed by atoms with E-state index in [1.807, 2.05) is 26.0 Å². The predicted octanol–water partition coefficient (Wildman–Crippen LogP) is 3.77. The minimum Gasteiger partial charge on any atom is -0.385 e.